The van der Waals surface area contributed by atoms with E-state index < -0.39 is 15.8 Å². The van der Waals surface area contributed by atoms with Crippen molar-refractivity contribution in [1.29, 1.82) is 0 Å². The average molecular weight is 315 g/mol. The molecule has 0 saturated carbocycles. The lowest BCUT2D eigenvalue weighted by molar-refractivity contribution is 0.0521. The first-order valence-corrected chi connectivity index (χ1v) is 8.95. The highest BCUT2D eigenvalue weighted by Crippen LogP contribution is 2.29. The van der Waals surface area contributed by atoms with Gasteiger partial charge in [0.25, 0.3) is 0 Å². The molecule has 1 aliphatic rings. The average Bonchev–Trinajstić information content (AvgIpc) is 2.75. The summed E-state index contributed by atoms with van der Waals surface area (Å²) in [5.74, 6) is 0.514. The number of aryl methyl sites for hydroxylation is 1. The van der Waals surface area contributed by atoms with E-state index in [4.69, 9.17) is 10.5 Å². The Morgan fingerprint density at radius 1 is 1.48 bits per heavy atom. The number of sulfone groups is 1. The number of hydrogen-bond donors (Lipinski definition) is 1. The topological polar surface area (TPSA) is 104 Å². The maximum Gasteiger partial charge on any atom is 0.360 e. The number of anilines is 1. The highest BCUT2D eigenvalue weighted by atomic mass is 32.2. The van der Waals surface area contributed by atoms with Crippen LogP contribution in [0.5, 0.6) is 0 Å². The molecule has 0 radical (unpaired) electrons. The van der Waals surface area contributed by atoms with Crippen LogP contribution in [0.1, 0.15) is 49.0 Å². The summed E-state index contributed by atoms with van der Waals surface area (Å²) in [5, 5.41) is 0. The van der Waals surface area contributed by atoms with Gasteiger partial charge in [-0.15, -0.1) is 0 Å². The summed E-state index contributed by atoms with van der Waals surface area (Å²) in [6.07, 6.45) is 1.89. The standard InChI is InChI=1S/C13H21N3O4S/c1-3-10-15-11(13(17)20-4-2)12(14)16(10)9-6-5-7-21(18,19)8-9/h9H,3-8,14H2,1-2H3. The number of hydrogen-bond acceptors (Lipinski definition) is 6. The van der Waals surface area contributed by atoms with Crippen molar-refractivity contribution in [2.24, 2.45) is 0 Å². The molecule has 0 spiro atoms. The van der Waals surface area contributed by atoms with Crippen LogP contribution in [-0.4, -0.2) is 42.1 Å². The molecule has 1 atom stereocenters. The number of nitrogens with two attached hydrogens (primary N) is 1. The maximum atomic E-state index is 11.9. The van der Waals surface area contributed by atoms with Crippen LogP contribution in [0.15, 0.2) is 0 Å². The number of ether oxygens (including phenoxy) is 1. The number of carbonyl (C=O) groups excluding carboxylic acids is 1. The van der Waals surface area contributed by atoms with E-state index >= 15 is 0 Å². The molecule has 1 saturated heterocycles. The molecule has 1 aromatic heterocycles. The van der Waals surface area contributed by atoms with Gasteiger partial charge in [-0.3, -0.25) is 0 Å². The molecule has 7 nitrogen and oxygen atoms in total. The first-order chi connectivity index (χ1) is 9.89. The molecular formula is C13H21N3O4S. The molecular weight excluding hydrogens is 294 g/mol. The summed E-state index contributed by atoms with van der Waals surface area (Å²) >= 11 is 0. The van der Waals surface area contributed by atoms with Gasteiger partial charge in [0, 0.05) is 6.42 Å². The first-order valence-electron chi connectivity index (χ1n) is 7.13. The second-order valence-corrected chi connectivity index (χ2v) is 7.35. The molecule has 1 fully saturated rings. The highest BCUT2D eigenvalue weighted by molar-refractivity contribution is 7.91. The Morgan fingerprint density at radius 3 is 2.76 bits per heavy atom. The minimum atomic E-state index is -3.06. The summed E-state index contributed by atoms with van der Waals surface area (Å²) in [6, 6.07) is -0.255. The van der Waals surface area contributed by atoms with E-state index in [1.807, 2.05) is 6.92 Å². The van der Waals surface area contributed by atoms with Gasteiger partial charge in [-0.05, 0) is 19.8 Å². The van der Waals surface area contributed by atoms with E-state index in [0.29, 0.717) is 18.7 Å². The van der Waals surface area contributed by atoms with Gasteiger partial charge in [0.2, 0.25) is 0 Å². The summed E-state index contributed by atoms with van der Waals surface area (Å²) < 4.78 is 30.3. The van der Waals surface area contributed by atoms with E-state index in [1.54, 1.807) is 11.5 Å². The lowest BCUT2D eigenvalue weighted by Gasteiger charge is -2.25. The number of rotatable bonds is 4. The Balaban J connectivity index is 2.41. The number of aromatic nitrogens is 2. The number of nitrogen functional groups attached to an aromatic ring is 1. The lowest BCUT2D eigenvalue weighted by Crippen LogP contribution is -2.29. The van der Waals surface area contributed by atoms with Gasteiger partial charge in [0.15, 0.2) is 15.5 Å². The fourth-order valence-corrected chi connectivity index (χ4v) is 4.38. The van der Waals surface area contributed by atoms with Crippen molar-refractivity contribution in [2.75, 3.05) is 23.8 Å². The van der Waals surface area contributed by atoms with Gasteiger partial charge in [0.05, 0.1) is 24.2 Å². The molecule has 0 bridgehead atoms. The molecule has 1 aromatic rings. The maximum absolute atomic E-state index is 11.9. The summed E-state index contributed by atoms with van der Waals surface area (Å²) in [6.45, 7) is 3.84. The minimum absolute atomic E-state index is 0.0445. The molecule has 8 heteroatoms. The molecule has 21 heavy (non-hydrogen) atoms. The molecule has 118 valence electrons. The van der Waals surface area contributed by atoms with Gasteiger partial charge in [-0.1, -0.05) is 6.92 Å². The Bertz CT molecular complexity index is 636. The summed E-state index contributed by atoms with van der Waals surface area (Å²) in [7, 11) is -3.06. The molecule has 1 aliphatic heterocycles. The molecule has 0 aromatic carbocycles. The van der Waals surface area contributed by atoms with Crippen molar-refractivity contribution in [2.45, 2.75) is 39.2 Å². The summed E-state index contributed by atoms with van der Waals surface area (Å²) in [4.78, 5) is 16.1. The third kappa shape index (κ3) is 3.20. The van der Waals surface area contributed by atoms with Gasteiger partial charge >= 0.3 is 5.97 Å². The predicted octanol–water partition coefficient (Wildman–Crippen LogP) is 0.954. The highest BCUT2D eigenvalue weighted by Gasteiger charge is 2.31. The Kier molecular flexibility index (Phi) is 4.55. The van der Waals surface area contributed by atoms with Gasteiger partial charge in [-0.2, -0.15) is 0 Å². The number of imidazole rings is 1. The normalized spacial score (nSPS) is 21.1. The first kappa shape index (κ1) is 15.8. The van der Waals surface area contributed by atoms with E-state index in [1.165, 1.54) is 0 Å². The smallest absolute Gasteiger partial charge is 0.360 e. The molecule has 1 unspecified atom stereocenters. The van der Waals surface area contributed by atoms with Gasteiger partial charge in [0.1, 0.15) is 11.6 Å². The van der Waals surface area contributed by atoms with Crippen LogP contribution >= 0.6 is 0 Å². The Labute approximate surface area is 124 Å². The van der Waals surface area contributed by atoms with Crippen molar-refractivity contribution in [3.63, 3.8) is 0 Å². The van der Waals surface area contributed by atoms with Crippen LogP contribution in [0.4, 0.5) is 5.82 Å². The van der Waals surface area contributed by atoms with Gasteiger partial charge < -0.3 is 15.0 Å². The van der Waals surface area contributed by atoms with Crippen molar-refractivity contribution in [1.82, 2.24) is 9.55 Å². The van der Waals surface area contributed by atoms with E-state index in [2.05, 4.69) is 4.98 Å². The van der Waals surface area contributed by atoms with Crippen LogP contribution in [-0.2, 0) is 21.0 Å². The Morgan fingerprint density at radius 2 is 2.19 bits per heavy atom. The van der Waals surface area contributed by atoms with Crippen LogP contribution in [0.2, 0.25) is 0 Å². The predicted molar refractivity (Wildman–Crippen MR) is 78.9 cm³/mol. The molecule has 2 N–H and O–H groups in total. The molecule has 2 rings (SSSR count). The minimum Gasteiger partial charge on any atom is -0.461 e. The van der Waals surface area contributed by atoms with E-state index in [0.717, 1.165) is 6.42 Å². The van der Waals surface area contributed by atoms with Crippen molar-refractivity contribution < 1.29 is 17.9 Å². The monoisotopic (exact) mass is 315 g/mol. The van der Waals surface area contributed by atoms with Crippen molar-refractivity contribution in [3.05, 3.63) is 11.5 Å². The second kappa shape index (κ2) is 6.05. The third-order valence-electron chi connectivity index (χ3n) is 3.61. The molecule has 0 amide bonds. The van der Waals surface area contributed by atoms with Crippen molar-refractivity contribution >= 4 is 21.6 Å². The number of esters is 1. The fourth-order valence-electron chi connectivity index (χ4n) is 2.70. The zero-order chi connectivity index (χ0) is 15.6. The zero-order valence-corrected chi connectivity index (χ0v) is 13.1. The summed E-state index contributed by atoms with van der Waals surface area (Å²) in [5.41, 5.74) is 6.12. The quantitative estimate of drug-likeness (QED) is 0.830. The second-order valence-electron chi connectivity index (χ2n) is 5.12. The zero-order valence-electron chi connectivity index (χ0n) is 12.3. The molecule has 2 heterocycles. The Hall–Kier alpha value is -1.57. The van der Waals surface area contributed by atoms with Crippen LogP contribution < -0.4 is 5.73 Å². The largest absolute Gasteiger partial charge is 0.461 e. The van der Waals surface area contributed by atoms with E-state index in [9.17, 15) is 13.2 Å². The SMILES string of the molecule is CCOC(=O)c1nc(CC)n(C2CCCS(=O)(=O)C2)c1N. The van der Waals surface area contributed by atoms with Crippen molar-refractivity contribution in [3.8, 4) is 0 Å². The van der Waals surface area contributed by atoms with Gasteiger partial charge in [-0.25, -0.2) is 18.2 Å². The third-order valence-corrected chi connectivity index (χ3v) is 5.41. The van der Waals surface area contributed by atoms with E-state index in [-0.39, 0.29) is 35.7 Å². The number of carbonyl (C=O) groups is 1. The van der Waals surface area contributed by atoms with Crippen LogP contribution in [0.25, 0.3) is 0 Å². The van der Waals surface area contributed by atoms with Crippen LogP contribution in [0.3, 0.4) is 0 Å². The molecule has 0 aliphatic carbocycles. The lowest BCUT2D eigenvalue weighted by atomic mass is 10.1. The van der Waals surface area contributed by atoms with Crippen LogP contribution in [0, 0.1) is 0 Å². The fraction of sp³-hybridized carbons (Fsp3) is 0.692. The number of nitrogens with zero attached hydrogens (tertiary/aromatic N) is 2.